The van der Waals surface area contributed by atoms with Crippen molar-refractivity contribution in [3.8, 4) is 0 Å². The number of aromatic nitrogens is 3. The third-order valence-corrected chi connectivity index (χ3v) is 3.73. The summed E-state index contributed by atoms with van der Waals surface area (Å²) in [5, 5.41) is 8.65. The molecule has 0 bridgehead atoms. The molecule has 0 spiro atoms. The summed E-state index contributed by atoms with van der Waals surface area (Å²) >= 11 is 6.29. The molecule has 0 aliphatic rings. The van der Waals surface area contributed by atoms with Gasteiger partial charge < -0.3 is 5.32 Å². The van der Waals surface area contributed by atoms with Crippen molar-refractivity contribution in [2.45, 2.75) is 39.9 Å². The van der Waals surface area contributed by atoms with Crippen molar-refractivity contribution in [2.75, 3.05) is 0 Å². The van der Waals surface area contributed by atoms with Crippen LogP contribution in [0.5, 0.6) is 0 Å². The lowest BCUT2D eigenvalue weighted by molar-refractivity contribution is 0.530. The molecule has 0 fully saturated rings. The first-order valence-electron chi connectivity index (χ1n) is 6.48. The number of nitrogens with one attached hydrogen (secondary N) is 1. The van der Waals surface area contributed by atoms with Gasteiger partial charge in [0.2, 0.25) is 0 Å². The first-order chi connectivity index (χ1) is 9.13. The minimum absolute atomic E-state index is 0.250. The Balaban J connectivity index is 2.07. The number of pyridine rings is 1. The first kappa shape index (κ1) is 14.0. The second-order valence-corrected chi connectivity index (χ2v) is 4.92. The molecule has 4 nitrogen and oxygen atoms in total. The molecule has 2 heterocycles. The largest absolute Gasteiger partial charge is 0.305 e. The molecule has 2 rings (SSSR count). The summed E-state index contributed by atoms with van der Waals surface area (Å²) in [6, 6.07) is 4.28. The van der Waals surface area contributed by atoms with Crippen LogP contribution >= 0.6 is 11.6 Å². The molecule has 1 N–H and O–H groups in total. The maximum Gasteiger partial charge on any atom is 0.0860 e. The SMILES string of the molecule is CCn1nc(C)c(Cl)c1CNC(C)c1ccncc1. The third kappa shape index (κ3) is 3.14. The number of halogens is 1. The van der Waals surface area contributed by atoms with Crippen LogP contribution in [0.25, 0.3) is 0 Å². The molecule has 1 unspecified atom stereocenters. The highest BCUT2D eigenvalue weighted by atomic mass is 35.5. The molecule has 0 aromatic carbocycles. The van der Waals surface area contributed by atoms with Gasteiger partial charge in [0.05, 0.1) is 16.4 Å². The molecule has 2 aromatic heterocycles. The van der Waals surface area contributed by atoms with E-state index in [2.05, 4.69) is 29.2 Å². The van der Waals surface area contributed by atoms with E-state index in [1.54, 1.807) is 12.4 Å². The van der Waals surface area contributed by atoms with Gasteiger partial charge in [-0.3, -0.25) is 9.67 Å². The van der Waals surface area contributed by atoms with E-state index >= 15 is 0 Å². The average molecular weight is 279 g/mol. The van der Waals surface area contributed by atoms with Gasteiger partial charge in [0.1, 0.15) is 0 Å². The highest BCUT2D eigenvalue weighted by molar-refractivity contribution is 6.31. The molecule has 0 saturated carbocycles. The van der Waals surface area contributed by atoms with Crippen LogP contribution in [0.1, 0.15) is 36.8 Å². The van der Waals surface area contributed by atoms with Crippen molar-refractivity contribution >= 4 is 11.6 Å². The lowest BCUT2D eigenvalue weighted by atomic mass is 10.1. The summed E-state index contributed by atoms with van der Waals surface area (Å²) in [7, 11) is 0. The highest BCUT2D eigenvalue weighted by Gasteiger charge is 2.13. The Morgan fingerprint density at radius 3 is 2.68 bits per heavy atom. The van der Waals surface area contributed by atoms with Crippen molar-refractivity contribution in [3.63, 3.8) is 0 Å². The minimum Gasteiger partial charge on any atom is -0.305 e. The monoisotopic (exact) mass is 278 g/mol. The van der Waals surface area contributed by atoms with Gasteiger partial charge in [-0.2, -0.15) is 5.10 Å². The van der Waals surface area contributed by atoms with Crippen LogP contribution in [0.3, 0.4) is 0 Å². The first-order valence-corrected chi connectivity index (χ1v) is 6.86. The molecule has 0 aliphatic carbocycles. The molecular formula is C14H19ClN4. The Bertz CT molecular complexity index is 536. The smallest absolute Gasteiger partial charge is 0.0860 e. The zero-order chi connectivity index (χ0) is 13.8. The summed E-state index contributed by atoms with van der Waals surface area (Å²) in [4.78, 5) is 4.03. The fourth-order valence-corrected chi connectivity index (χ4v) is 2.26. The van der Waals surface area contributed by atoms with Crippen molar-refractivity contribution in [1.29, 1.82) is 0 Å². The van der Waals surface area contributed by atoms with E-state index in [0.717, 1.165) is 23.0 Å². The van der Waals surface area contributed by atoms with E-state index < -0.39 is 0 Å². The van der Waals surface area contributed by atoms with Crippen molar-refractivity contribution in [3.05, 3.63) is 46.5 Å². The summed E-state index contributed by atoms with van der Waals surface area (Å²) < 4.78 is 1.95. The predicted octanol–water partition coefficient (Wildman–Crippen LogP) is 3.11. The van der Waals surface area contributed by atoms with E-state index in [-0.39, 0.29) is 6.04 Å². The molecule has 2 aromatic rings. The fraction of sp³-hybridized carbons (Fsp3) is 0.429. The standard InChI is InChI=1S/C14H19ClN4/c1-4-19-13(14(15)11(3)18-19)9-17-10(2)12-5-7-16-8-6-12/h5-8,10,17H,4,9H2,1-3H3. The molecule has 0 saturated heterocycles. The van der Waals surface area contributed by atoms with Crippen LogP contribution in [0, 0.1) is 6.92 Å². The van der Waals surface area contributed by atoms with Gasteiger partial charge in [-0.1, -0.05) is 11.6 Å². The van der Waals surface area contributed by atoms with Gasteiger partial charge in [-0.15, -0.1) is 0 Å². The van der Waals surface area contributed by atoms with E-state index in [9.17, 15) is 0 Å². The molecule has 0 radical (unpaired) electrons. The molecule has 0 aliphatic heterocycles. The summed E-state index contributed by atoms with van der Waals surface area (Å²) in [5.74, 6) is 0. The molecule has 102 valence electrons. The van der Waals surface area contributed by atoms with Gasteiger partial charge >= 0.3 is 0 Å². The number of nitrogens with zero attached hydrogens (tertiary/aromatic N) is 3. The Labute approximate surface area is 118 Å². The van der Waals surface area contributed by atoms with Crippen LogP contribution in [0.4, 0.5) is 0 Å². The highest BCUT2D eigenvalue weighted by Crippen LogP contribution is 2.21. The van der Waals surface area contributed by atoms with Gasteiger partial charge in [0, 0.05) is 31.5 Å². The molecule has 19 heavy (non-hydrogen) atoms. The average Bonchev–Trinajstić information content (AvgIpc) is 2.72. The quantitative estimate of drug-likeness (QED) is 0.914. The molecule has 5 heteroatoms. The summed E-state index contributed by atoms with van der Waals surface area (Å²) in [5.41, 5.74) is 3.14. The molecule has 0 amide bonds. The lowest BCUT2D eigenvalue weighted by Gasteiger charge is -2.14. The van der Waals surface area contributed by atoms with Gasteiger partial charge in [0.25, 0.3) is 0 Å². The lowest BCUT2D eigenvalue weighted by Crippen LogP contribution is -2.20. The number of rotatable bonds is 5. The van der Waals surface area contributed by atoms with Crippen LogP contribution in [0.15, 0.2) is 24.5 Å². The van der Waals surface area contributed by atoms with Crippen LogP contribution in [-0.4, -0.2) is 14.8 Å². The number of hydrogen-bond acceptors (Lipinski definition) is 3. The molecular weight excluding hydrogens is 260 g/mol. The zero-order valence-electron chi connectivity index (χ0n) is 11.5. The Hall–Kier alpha value is -1.39. The number of hydrogen-bond donors (Lipinski definition) is 1. The summed E-state index contributed by atoms with van der Waals surface area (Å²) in [6.45, 7) is 7.66. The Morgan fingerprint density at radius 2 is 2.05 bits per heavy atom. The van der Waals surface area contributed by atoms with Crippen molar-refractivity contribution in [1.82, 2.24) is 20.1 Å². The summed E-state index contributed by atoms with van der Waals surface area (Å²) in [6.07, 6.45) is 3.61. The number of aryl methyl sites for hydroxylation is 2. The van der Waals surface area contributed by atoms with Gasteiger partial charge in [-0.05, 0) is 38.5 Å². The second-order valence-electron chi connectivity index (χ2n) is 4.54. The van der Waals surface area contributed by atoms with E-state index in [1.807, 2.05) is 23.7 Å². The van der Waals surface area contributed by atoms with Gasteiger partial charge in [-0.25, -0.2) is 0 Å². The van der Waals surface area contributed by atoms with Crippen LogP contribution < -0.4 is 5.32 Å². The van der Waals surface area contributed by atoms with Crippen molar-refractivity contribution in [2.24, 2.45) is 0 Å². The fourth-order valence-electron chi connectivity index (χ4n) is 2.06. The van der Waals surface area contributed by atoms with Crippen LogP contribution in [-0.2, 0) is 13.1 Å². The topological polar surface area (TPSA) is 42.7 Å². The van der Waals surface area contributed by atoms with Crippen molar-refractivity contribution < 1.29 is 0 Å². The minimum atomic E-state index is 0.250. The predicted molar refractivity (Wildman–Crippen MR) is 77.1 cm³/mol. The van der Waals surface area contributed by atoms with E-state index in [1.165, 1.54) is 5.56 Å². The molecule has 1 atom stereocenters. The van der Waals surface area contributed by atoms with E-state index in [4.69, 9.17) is 11.6 Å². The zero-order valence-corrected chi connectivity index (χ0v) is 12.3. The maximum atomic E-state index is 6.29. The normalized spacial score (nSPS) is 12.6. The van der Waals surface area contributed by atoms with E-state index in [0.29, 0.717) is 6.54 Å². The van der Waals surface area contributed by atoms with Crippen LogP contribution in [0.2, 0.25) is 5.02 Å². The third-order valence-electron chi connectivity index (χ3n) is 3.23. The van der Waals surface area contributed by atoms with Gasteiger partial charge in [0.15, 0.2) is 0 Å². The Kier molecular flexibility index (Phi) is 4.56. The second kappa shape index (κ2) is 6.17. The maximum absolute atomic E-state index is 6.29. The Morgan fingerprint density at radius 1 is 1.37 bits per heavy atom.